The Kier molecular flexibility index (Phi) is 7.69. The first-order valence-corrected chi connectivity index (χ1v) is 12.3. The van der Waals surface area contributed by atoms with Crippen LogP contribution in [0.15, 0.2) is 37.1 Å². The first-order valence-electron chi connectivity index (χ1n) is 11.9. The number of fused-ring (bicyclic) bond motifs is 1. The highest BCUT2D eigenvalue weighted by Crippen LogP contribution is 2.34. The van der Waals surface area contributed by atoms with Crippen molar-refractivity contribution in [3.63, 3.8) is 0 Å². The van der Waals surface area contributed by atoms with Gasteiger partial charge in [-0.2, -0.15) is 5.10 Å². The molecule has 3 aromatic rings. The third-order valence-electron chi connectivity index (χ3n) is 6.11. The van der Waals surface area contributed by atoms with Crippen LogP contribution < -0.4 is 15.8 Å². The number of aromatic nitrogens is 3. The van der Waals surface area contributed by atoms with Gasteiger partial charge >= 0.3 is 0 Å². The second-order valence-corrected chi connectivity index (χ2v) is 9.65. The highest BCUT2D eigenvalue weighted by atomic mass is 35.5. The van der Waals surface area contributed by atoms with Gasteiger partial charge in [-0.25, -0.2) is 4.98 Å². The second kappa shape index (κ2) is 10.9. The van der Waals surface area contributed by atoms with E-state index in [1.165, 1.54) is 19.4 Å². The maximum Gasteiger partial charge on any atom is 0.251 e. The number of nitrogens with zero attached hydrogens (tertiary/aromatic N) is 4. The van der Waals surface area contributed by atoms with Gasteiger partial charge in [0.15, 0.2) is 0 Å². The van der Waals surface area contributed by atoms with Crippen LogP contribution in [0.1, 0.15) is 47.9 Å². The molecule has 2 amide bonds. The maximum atomic E-state index is 12.6. The van der Waals surface area contributed by atoms with E-state index in [2.05, 4.69) is 28.7 Å². The molecule has 2 aromatic heterocycles. The van der Waals surface area contributed by atoms with Crippen molar-refractivity contribution in [3.05, 3.63) is 58.9 Å². The smallest absolute Gasteiger partial charge is 0.251 e. The predicted molar refractivity (Wildman–Crippen MR) is 144 cm³/mol. The van der Waals surface area contributed by atoms with Gasteiger partial charge in [0.25, 0.3) is 5.91 Å². The lowest BCUT2D eigenvalue weighted by atomic mass is 10.1. The summed E-state index contributed by atoms with van der Waals surface area (Å²) in [6.45, 7) is 9.24. The highest BCUT2D eigenvalue weighted by Gasteiger charge is 2.30. The number of amides is 2. The summed E-state index contributed by atoms with van der Waals surface area (Å²) in [4.78, 5) is 30.7. The number of hydrogen-bond acceptors (Lipinski definition) is 6. The normalized spacial score (nSPS) is 14.9. The Morgan fingerprint density at radius 1 is 1.35 bits per heavy atom. The summed E-state index contributed by atoms with van der Waals surface area (Å²) in [5, 5.41) is 8.59. The fourth-order valence-electron chi connectivity index (χ4n) is 4.23. The Morgan fingerprint density at radius 3 is 2.84 bits per heavy atom. The summed E-state index contributed by atoms with van der Waals surface area (Å²) in [6.07, 6.45) is 3.49. The molecule has 10 heteroatoms. The van der Waals surface area contributed by atoms with Crippen LogP contribution in [0.25, 0.3) is 10.9 Å². The number of carbonyl (C=O) groups is 2. The number of hydrogen-bond donors (Lipinski definition) is 2. The van der Waals surface area contributed by atoms with Crippen molar-refractivity contribution in [1.82, 2.24) is 25.0 Å². The minimum Gasteiger partial charge on any atom is -0.497 e. The molecule has 1 atom stereocenters. The Labute approximate surface area is 220 Å². The average molecular weight is 521 g/mol. The van der Waals surface area contributed by atoms with Crippen LogP contribution in [0.2, 0.25) is 5.02 Å². The minimum absolute atomic E-state index is 0.102. The summed E-state index contributed by atoms with van der Waals surface area (Å²) in [6, 6.07) is 5.02. The molecule has 1 aliphatic rings. The van der Waals surface area contributed by atoms with Crippen molar-refractivity contribution in [2.45, 2.75) is 26.3 Å². The van der Waals surface area contributed by atoms with Crippen LogP contribution in [0, 0.1) is 17.8 Å². The second-order valence-electron chi connectivity index (χ2n) is 9.24. The van der Waals surface area contributed by atoms with E-state index in [0.717, 1.165) is 0 Å². The number of anilines is 1. The number of carbonyl (C=O) groups excluding carboxylic acids is 2. The molecule has 0 aliphatic carbocycles. The predicted octanol–water partition coefficient (Wildman–Crippen LogP) is 3.42. The van der Waals surface area contributed by atoms with Gasteiger partial charge in [0.1, 0.15) is 17.3 Å². The lowest BCUT2D eigenvalue weighted by Crippen LogP contribution is -2.27. The molecule has 0 radical (unpaired) electrons. The maximum absolute atomic E-state index is 12.6. The van der Waals surface area contributed by atoms with E-state index in [1.54, 1.807) is 27.8 Å². The molecule has 0 saturated carbocycles. The van der Waals surface area contributed by atoms with Crippen LogP contribution in [0.3, 0.4) is 0 Å². The fraction of sp³-hybridized carbons (Fsp3) is 0.333. The summed E-state index contributed by atoms with van der Waals surface area (Å²) >= 11 is 6.53. The fourth-order valence-corrected chi connectivity index (χ4v) is 4.46. The van der Waals surface area contributed by atoms with E-state index in [4.69, 9.17) is 27.2 Å². The third kappa shape index (κ3) is 5.54. The van der Waals surface area contributed by atoms with Crippen molar-refractivity contribution in [2.75, 3.05) is 32.5 Å². The zero-order chi connectivity index (χ0) is 26.7. The lowest BCUT2D eigenvalue weighted by Gasteiger charge is -2.15. The monoisotopic (exact) mass is 520 g/mol. The molecule has 0 bridgehead atoms. The summed E-state index contributed by atoms with van der Waals surface area (Å²) < 4.78 is 7.17. The van der Waals surface area contributed by atoms with E-state index in [-0.39, 0.29) is 23.7 Å². The molecule has 0 unspecified atom stereocenters. The van der Waals surface area contributed by atoms with Gasteiger partial charge in [0.05, 0.1) is 35.3 Å². The quantitative estimate of drug-likeness (QED) is 0.380. The number of likely N-dealkylation sites (tertiary alicyclic amines) is 1. The number of nitrogens with one attached hydrogen (secondary N) is 1. The number of nitrogens with two attached hydrogens (primary N) is 1. The van der Waals surface area contributed by atoms with Gasteiger partial charge in [-0.3, -0.25) is 14.3 Å². The first kappa shape index (κ1) is 26.0. The number of benzene rings is 1. The number of nitrogen functional groups attached to an aromatic ring is 1. The van der Waals surface area contributed by atoms with Crippen molar-refractivity contribution in [1.29, 1.82) is 0 Å². The molecule has 0 spiro atoms. The van der Waals surface area contributed by atoms with Gasteiger partial charge < -0.3 is 20.7 Å². The number of ether oxygens (including phenoxy) is 1. The molecule has 3 N–H and O–H groups in total. The van der Waals surface area contributed by atoms with Crippen LogP contribution in [-0.2, 0) is 4.79 Å². The van der Waals surface area contributed by atoms with Gasteiger partial charge in [-0.05, 0) is 42.5 Å². The van der Waals surface area contributed by atoms with Gasteiger partial charge in [-0.1, -0.05) is 37.9 Å². The number of methoxy groups -OCH3 is 1. The Morgan fingerprint density at radius 2 is 2.14 bits per heavy atom. The van der Waals surface area contributed by atoms with E-state index in [1.807, 2.05) is 13.8 Å². The Hall–Kier alpha value is -4.03. The number of pyridine rings is 1. The molecule has 3 heterocycles. The van der Waals surface area contributed by atoms with Crippen LogP contribution in [0.5, 0.6) is 5.75 Å². The SMILES string of the molecule is C=CC(=O)N1CC[C@H](n2nc(C#Cc3cc(OC)cc(C(=O)NCC(C)C)c3)c3c(N)ncc(Cl)c32)C1. The standard InChI is InChI=1S/C27H29ClN6O3/c1-5-23(35)33-9-8-19(15-33)34-25-21(28)14-30-26(29)24(25)22(32-34)7-6-17-10-18(12-20(11-17)37-4)27(36)31-13-16(2)3/h5,10-12,14,16,19H,1,8-9,13,15H2,2-4H3,(H2,29,30)(H,31,36)/t19-/m0/s1. The molecular weight excluding hydrogens is 492 g/mol. The lowest BCUT2D eigenvalue weighted by molar-refractivity contribution is -0.125. The summed E-state index contributed by atoms with van der Waals surface area (Å²) in [5.74, 6) is 6.93. The average Bonchev–Trinajstić information content (AvgIpc) is 3.53. The van der Waals surface area contributed by atoms with E-state index < -0.39 is 0 Å². The molecule has 1 aromatic carbocycles. The minimum atomic E-state index is -0.203. The first-order chi connectivity index (χ1) is 17.7. The van der Waals surface area contributed by atoms with Crippen LogP contribution >= 0.6 is 11.6 Å². The van der Waals surface area contributed by atoms with Crippen molar-refractivity contribution in [3.8, 4) is 17.6 Å². The highest BCUT2D eigenvalue weighted by molar-refractivity contribution is 6.35. The van der Waals surface area contributed by atoms with E-state index >= 15 is 0 Å². The zero-order valence-electron chi connectivity index (χ0n) is 21.0. The van der Waals surface area contributed by atoms with Crippen LogP contribution in [0.4, 0.5) is 5.82 Å². The van der Waals surface area contributed by atoms with Crippen molar-refractivity contribution in [2.24, 2.45) is 5.92 Å². The molecular formula is C27H29ClN6O3. The number of halogens is 1. The molecule has 1 fully saturated rings. The third-order valence-corrected chi connectivity index (χ3v) is 6.38. The molecule has 192 valence electrons. The van der Waals surface area contributed by atoms with E-state index in [0.29, 0.717) is 70.5 Å². The van der Waals surface area contributed by atoms with Gasteiger partial charge in [-0.15, -0.1) is 0 Å². The van der Waals surface area contributed by atoms with Crippen LogP contribution in [-0.4, -0.2) is 58.2 Å². The molecule has 37 heavy (non-hydrogen) atoms. The summed E-state index contributed by atoms with van der Waals surface area (Å²) in [7, 11) is 1.54. The van der Waals surface area contributed by atoms with Crippen molar-refractivity contribution < 1.29 is 14.3 Å². The Bertz CT molecular complexity index is 1440. The molecule has 1 saturated heterocycles. The van der Waals surface area contributed by atoms with Crippen molar-refractivity contribution >= 4 is 40.1 Å². The van der Waals surface area contributed by atoms with Gasteiger partial charge in [0.2, 0.25) is 5.91 Å². The molecule has 4 rings (SSSR count). The topological polar surface area (TPSA) is 115 Å². The zero-order valence-corrected chi connectivity index (χ0v) is 21.8. The summed E-state index contributed by atoms with van der Waals surface area (Å²) in [5.41, 5.74) is 8.28. The Balaban J connectivity index is 1.74. The van der Waals surface area contributed by atoms with E-state index in [9.17, 15) is 9.59 Å². The van der Waals surface area contributed by atoms with Gasteiger partial charge in [0, 0.05) is 30.8 Å². The molecule has 1 aliphatic heterocycles. The molecule has 9 nitrogen and oxygen atoms in total. The number of rotatable bonds is 6. The largest absolute Gasteiger partial charge is 0.497 e.